The van der Waals surface area contributed by atoms with E-state index in [-0.39, 0.29) is 12.6 Å². The maximum atomic E-state index is 10.8. The second-order valence-corrected chi connectivity index (χ2v) is 4.93. The molecule has 0 saturated carbocycles. The van der Waals surface area contributed by atoms with Crippen LogP contribution in [-0.4, -0.2) is 35.2 Å². The zero-order chi connectivity index (χ0) is 13.1. The minimum absolute atomic E-state index is 0.0747. The van der Waals surface area contributed by atoms with Gasteiger partial charge >= 0.3 is 5.97 Å². The fourth-order valence-electron chi connectivity index (χ4n) is 2.17. The number of nitrogens with zero attached hydrogens (tertiary/aromatic N) is 1. The molecule has 0 spiro atoms. The summed E-state index contributed by atoms with van der Waals surface area (Å²) in [6.45, 7) is 5.52. The van der Waals surface area contributed by atoms with Crippen LogP contribution in [-0.2, 0) is 17.8 Å². The molecule has 0 fully saturated rings. The Morgan fingerprint density at radius 2 is 2.28 bits per heavy atom. The number of hydrogen-bond acceptors (Lipinski definition) is 3. The highest BCUT2D eigenvalue weighted by atomic mass is 16.5. The van der Waals surface area contributed by atoms with Gasteiger partial charge in [-0.2, -0.15) is 0 Å². The Morgan fingerprint density at radius 1 is 1.50 bits per heavy atom. The first-order chi connectivity index (χ1) is 8.56. The van der Waals surface area contributed by atoms with Gasteiger partial charge in [-0.05, 0) is 31.0 Å². The van der Waals surface area contributed by atoms with Crippen molar-refractivity contribution in [1.29, 1.82) is 0 Å². The van der Waals surface area contributed by atoms with Crippen molar-refractivity contribution >= 4 is 5.97 Å². The van der Waals surface area contributed by atoms with Gasteiger partial charge in [0.1, 0.15) is 5.75 Å². The van der Waals surface area contributed by atoms with Crippen LogP contribution < -0.4 is 4.74 Å². The fraction of sp³-hybridized carbons (Fsp3) is 0.500. The predicted octanol–water partition coefficient (Wildman–Crippen LogP) is 1.92. The topological polar surface area (TPSA) is 49.8 Å². The van der Waals surface area contributed by atoms with Gasteiger partial charge in [0.25, 0.3) is 0 Å². The number of fused-ring (bicyclic) bond motifs is 1. The molecule has 0 amide bonds. The second-order valence-electron chi connectivity index (χ2n) is 4.93. The molecule has 0 radical (unpaired) electrons. The SMILES string of the molecule is CC(C)N(CC(=O)O)Cc1ccc2c(c1)CCO2. The minimum Gasteiger partial charge on any atom is -0.493 e. The summed E-state index contributed by atoms with van der Waals surface area (Å²) in [5, 5.41) is 8.90. The lowest BCUT2D eigenvalue weighted by molar-refractivity contribution is -0.138. The molecule has 0 aromatic heterocycles. The molecule has 18 heavy (non-hydrogen) atoms. The zero-order valence-corrected chi connectivity index (χ0v) is 10.8. The van der Waals surface area contributed by atoms with E-state index in [1.54, 1.807) is 0 Å². The van der Waals surface area contributed by atoms with Crippen molar-refractivity contribution in [2.45, 2.75) is 32.9 Å². The maximum Gasteiger partial charge on any atom is 0.317 e. The number of hydrogen-bond donors (Lipinski definition) is 1. The summed E-state index contributed by atoms with van der Waals surface area (Å²) in [5.41, 5.74) is 2.38. The largest absolute Gasteiger partial charge is 0.493 e. The molecule has 0 atom stereocenters. The van der Waals surface area contributed by atoms with Gasteiger partial charge in [0.2, 0.25) is 0 Å². The smallest absolute Gasteiger partial charge is 0.317 e. The standard InChI is InChI=1S/C14H19NO3/c1-10(2)15(9-14(16)17)8-11-3-4-13-12(7-11)5-6-18-13/h3-4,7,10H,5-6,8-9H2,1-2H3,(H,16,17). The van der Waals surface area contributed by atoms with Crippen LogP contribution in [0.3, 0.4) is 0 Å². The summed E-state index contributed by atoms with van der Waals surface area (Å²) in [6.07, 6.45) is 0.948. The number of carboxylic acid groups (broad SMARTS) is 1. The van der Waals surface area contributed by atoms with Crippen molar-refractivity contribution in [3.8, 4) is 5.75 Å². The lowest BCUT2D eigenvalue weighted by Gasteiger charge is -2.24. The van der Waals surface area contributed by atoms with Crippen LogP contribution in [0.25, 0.3) is 0 Å². The minimum atomic E-state index is -0.784. The van der Waals surface area contributed by atoms with E-state index in [0.29, 0.717) is 6.54 Å². The van der Waals surface area contributed by atoms with Crippen molar-refractivity contribution in [2.75, 3.05) is 13.2 Å². The van der Waals surface area contributed by atoms with E-state index in [9.17, 15) is 4.79 Å². The third-order valence-electron chi connectivity index (χ3n) is 3.21. The number of carbonyl (C=O) groups is 1. The third-order valence-corrected chi connectivity index (χ3v) is 3.21. The van der Waals surface area contributed by atoms with Crippen LogP contribution >= 0.6 is 0 Å². The van der Waals surface area contributed by atoms with E-state index >= 15 is 0 Å². The van der Waals surface area contributed by atoms with E-state index < -0.39 is 5.97 Å². The van der Waals surface area contributed by atoms with Gasteiger partial charge in [-0.1, -0.05) is 12.1 Å². The van der Waals surface area contributed by atoms with Gasteiger partial charge in [-0.3, -0.25) is 9.69 Å². The first kappa shape index (κ1) is 12.9. The average Bonchev–Trinajstić information content (AvgIpc) is 2.74. The van der Waals surface area contributed by atoms with Crippen LogP contribution in [0.15, 0.2) is 18.2 Å². The molecule has 0 unspecified atom stereocenters. The third kappa shape index (κ3) is 3.01. The Labute approximate surface area is 107 Å². The normalized spacial score (nSPS) is 13.8. The molecule has 0 bridgehead atoms. The van der Waals surface area contributed by atoms with Crippen molar-refractivity contribution in [3.63, 3.8) is 0 Å². The van der Waals surface area contributed by atoms with E-state index in [4.69, 9.17) is 9.84 Å². The second kappa shape index (κ2) is 5.40. The summed E-state index contributed by atoms with van der Waals surface area (Å²) in [4.78, 5) is 12.8. The van der Waals surface area contributed by atoms with Gasteiger partial charge in [0.05, 0.1) is 13.2 Å². The molecule has 98 valence electrons. The van der Waals surface area contributed by atoms with Gasteiger partial charge in [0, 0.05) is 19.0 Å². The average molecular weight is 249 g/mol. The Balaban J connectivity index is 2.09. The van der Waals surface area contributed by atoms with Crippen molar-refractivity contribution < 1.29 is 14.6 Å². The molecule has 1 aliphatic rings. The molecule has 1 aromatic rings. The quantitative estimate of drug-likeness (QED) is 0.866. The zero-order valence-electron chi connectivity index (χ0n) is 10.8. The molecule has 1 N–H and O–H groups in total. The molecular weight excluding hydrogens is 230 g/mol. The Hall–Kier alpha value is -1.55. The molecule has 1 heterocycles. The van der Waals surface area contributed by atoms with Crippen LogP contribution in [0, 0.1) is 0 Å². The molecule has 0 aliphatic carbocycles. The number of rotatable bonds is 5. The van der Waals surface area contributed by atoms with Crippen LogP contribution in [0.2, 0.25) is 0 Å². The van der Waals surface area contributed by atoms with Crippen LogP contribution in [0.1, 0.15) is 25.0 Å². The first-order valence-corrected chi connectivity index (χ1v) is 6.26. The van der Waals surface area contributed by atoms with Crippen molar-refractivity contribution in [2.24, 2.45) is 0 Å². The number of carboxylic acids is 1. The van der Waals surface area contributed by atoms with E-state index in [0.717, 1.165) is 24.3 Å². The Morgan fingerprint density at radius 3 is 2.94 bits per heavy atom. The first-order valence-electron chi connectivity index (χ1n) is 6.26. The molecule has 4 nitrogen and oxygen atoms in total. The molecular formula is C14H19NO3. The van der Waals surface area contributed by atoms with Gasteiger partial charge in [-0.15, -0.1) is 0 Å². The maximum absolute atomic E-state index is 10.8. The van der Waals surface area contributed by atoms with Crippen LogP contribution in [0.4, 0.5) is 0 Å². The number of benzene rings is 1. The number of ether oxygens (including phenoxy) is 1. The fourth-order valence-corrected chi connectivity index (χ4v) is 2.17. The highest BCUT2D eigenvalue weighted by molar-refractivity contribution is 5.69. The lowest BCUT2D eigenvalue weighted by Crippen LogP contribution is -2.35. The predicted molar refractivity (Wildman–Crippen MR) is 68.8 cm³/mol. The highest BCUT2D eigenvalue weighted by Gasteiger charge is 2.16. The van der Waals surface area contributed by atoms with Crippen LogP contribution in [0.5, 0.6) is 5.75 Å². The molecule has 4 heteroatoms. The van der Waals surface area contributed by atoms with Gasteiger partial charge in [0.15, 0.2) is 0 Å². The van der Waals surface area contributed by atoms with E-state index in [1.165, 1.54) is 5.56 Å². The molecule has 2 rings (SSSR count). The highest BCUT2D eigenvalue weighted by Crippen LogP contribution is 2.26. The van der Waals surface area contributed by atoms with Gasteiger partial charge in [-0.25, -0.2) is 0 Å². The molecule has 1 aromatic carbocycles. The summed E-state index contributed by atoms with van der Waals surface area (Å²) >= 11 is 0. The summed E-state index contributed by atoms with van der Waals surface area (Å²) in [5.74, 6) is 0.182. The van der Waals surface area contributed by atoms with Crippen molar-refractivity contribution in [1.82, 2.24) is 4.90 Å². The van der Waals surface area contributed by atoms with E-state index in [1.807, 2.05) is 30.9 Å². The van der Waals surface area contributed by atoms with Gasteiger partial charge < -0.3 is 9.84 Å². The van der Waals surface area contributed by atoms with E-state index in [2.05, 4.69) is 6.07 Å². The molecule has 1 aliphatic heterocycles. The number of aliphatic carboxylic acids is 1. The molecule has 0 saturated heterocycles. The summed E-state index contributed by atoms with van der Waals surface area (Å²) < 4.78 is 5.46. The monoisotopic (exact) mass is 249 g/mol. The summed E-state index contributed by atoms with van der Waals surface area (Å²) in [6, 6.07) is 6.34. The van der Waals surface area contributed by atoms with Crippen molar-refractivity contribution in [3.05, 3.63) is 29.3 Å². The Kier molecular flexibility index (Phi) is 3.87. The summed E-state index contributed by atoms with van der Waals surface area (Å²) in [7, 11) is 0. The Bertz CT molecular complexity index is 443. The lowest BCUT2D eigenvalue weighted by atomic mass is 10.1.